The quantitative estimate of drug-likeness (QED) is 0.606. The van der Waals surface area contributed by atoms with Crippen LogP contribution in [0.5, 0.6) is 11.5 Å². The Hall–Kier alpha value is -2.38. The Bertz CT molecular complexity index is 871. The van der Waals surface area contributed by atoms with Gasteiger partial charge in [-0.1, -0.05) is 0 Å². The van der Waals surface area contributed by atoms with Crippen molar-refractivity contribution in [1.82, 2.24) is 9.97 Å². The summed E-state index contributed by atoms with van der Waals surface area (Å²) in [5.74, 6) is 1.34. The maximum absolute atomic E-state index is 9.57. The number of aliphatic hydroxyl groups excluding tert-OH is 1. The van der Waals surface area contributed by atoms with Gasteiger partial charge in [-0.15, -0.1) is 0 Å². The van der Waals surface area contributed by atoms with E-state index in [9.17, 15) is 10.2 Å². The number of hydrogen-bond acceptors (Lipinski definition) is 6. The topological polar surface area (TPSA) is 87.5 Å². The molecule has 0 saturated carbocycles. The lowest BCUT2D eigenvalue weighted by molar-refractivity contribution is 0.274. The second kappa shape index (κ2) is 6.39. The lowest BCUT2D eigenvalue weighted by Gasteiger charge is -2.12. The third-order valence-corrected chi connectivity index (χ3v) is 4.05. The van der Waals surface area contributed by atoms with E-state index in [-0.39, 0.29) is 12.4 Å². The van der Waals surface area contributed by atoms with Crippen LogP contribution in [-0.2, 0) is 6.61 Å². The van der Waals surface area contributed by atoms with Crippen LogP contribution in [0.3, 0.4) is 0 Å². The van der Waals surface area contributed by atoms with E-state index in [2.05, 4.69) is 31.2 Å². The lowest BCUT2D eigenvalue weighted by Crippen LogP contribution is -1.98. The average molecular weight is 376 g/mol. The number of halogens is 1. The van der Waals surface area contributed by atoms with Gasteiger partial charge in [-0.3, -0.25) is 0 Å². The van der Waals surface area contributed by atoms with Gasteiger partial charge >= 0.3 is 0 Å². The SMILES string of the molecule is COc1cc2c(Nc3ccc(O)c(Br)c3)ncnc2cc1CO. The number of rotatable bonds is 4. The van der Waals surface area contributed by atoms with Crippen molar-refractivity contribution in [3.05, 3.63) is 46.7 Å². The van der Waals surface area contributed by atoms with Crippen molar-refractivity contribution < 1.29 is 14.9 Å². The summed E-state index contributed by atoms with van der Waals surface area (Å²) in [5.41, 5.74) is 2.13. The molecule has 3 rings (SSSR count). The van der Waals surface area contributed by atoms with Gasteiger partial charge in [-0.05, 0) is 46.3 Å². The number of ether oxygens (including phenoxy) is 1. The number of anilines is 2. The average Bonchev–Trinajstić information content (AvgIpc) is 2.57. The van der Waals surface area contributed by atoms with E-state index in [1.54, 1.807) is 37.4 Å². The molecule has 7 heteroatoms. The number of methoxy groups -OCH3 is 1. The molecule has 0 bridgehead atoms. The first-order valence-corrected chi connectivity index (χ1v) is 7.59. The second-order valence-corrected chi connectivity index (χ2v) is 5.71. The Morgan fingerprint density at radius 2 is 2.04 bits per heavy atom. The Labute approximate surface area is 140 Å². The van der Waals surface area contributed by atoms with Gasteiger partial charge in [0.2, 0.25) is 0 Å². The summed E-state index contributed by atoms with van der Waals surface area (Å²) >= 11 is 3.28. The number of nitrogens with zero attached hydrogens (tertiary/aromatic N) is 2. The molecule has 118 valence electrons. The molecule has 0 aliphatic rings. The maximum atomic E-state index is 9.57. The predicted octanol–water partition coefficient (Wildman–Crippen LogP) is 3.34. The zero-order valence-electron chi connectivity index (χ0n) is 12.2. The number of nitrogens with one attached hydrogen (secondary N) is 1. The highest BCUT2D eigenvalue weighted by Crippen LogP contribution is 2.32. The van der Waals surface area contributed by atoms with E-state index in [0.29, 0.717) is 27.1 Å². The molecule has 1 heterocycles. The van der Waals surface area contributed by atoms with Crippen molar-refractivity contribution >= 4 is 38.3 Å². The fraction of sp³-hybridized carbons (Fsp3) is 0.125. The molecule has 1 aromatic heterocycles. The second-order valence-electron chi connectivity index (χ2n) is 4.85. The number of aliphatic hydroxyl groups is 1. The summed E-state index contributed by atoms with van der Waals surface area (Å²) in [6.07, 6.45) is 1.45. The molecule has 0 unspecified atom stereocenters. The molecule has 0 spiro atoms. The molecule has 2 aromatic carbocycles. The van der Waals surface area contributed by atoms with Crippen LogP contribution in [0, 0.1) is 0 Å². The van der Waals surface area contributed by atoms with Gasteiger partial charge in [0.1, 0.15) is 23.6 Å². The van der Waals surface area contributed by atoms with E-state index in [4.69, 9.17) is 4.74 Å². The standard InChI is InChI=1S/C16H14BrN3O3/c1-23-15-6-11-13(4-9(15)7-21)18-8-19-16(11)20-10-2-3-14(22)12(17)5-10/h2-6,8,21-22H,7H2,1H3,(H,18,19,20). The van der Waals surface area contributed by atoms with Crippen LogP contribution in [0.1, 0.15) is 5.56 Å². The molecular weight excluding hydrogens is 362 g/mol. The molecule has 0 aliphatic carbocycles. The molecule has 0 amide bonds. The maximum Gasteiger partial charge on any atom is 0.141 e. The number of hydrogen-bond donors (Lipinski definition) is 3. The molecule has 0 atom stereocenters. The molecule has 3 N–H and O–H groups in total. The smallest absolute Gasteiger partial charge is 0.141 e. The number of aromatic hydroxyl groups is 1. The summed E-state index contributed by atoms with van der Waals surface area (Å²) in [6, 6.07) is 8.64. The Balaban J connectivity index is 2.08. The van der Waals surface area contributed by atoms with E-state index >= 15 is 0 Å². The molecule has 0 fully saturated rings. The summed E-state index contributed by atoms with van der Waals surface area (Å²) in [4.78, 5) is 8.50. The van der Waals surface area contributed by atoms with Gasteiger partial charge in [0.25, 0.3) is 0 Å². The molecule has 0 saturated heterocycles. The highest BCUT2D eigenvalue weighted by Gasteiger charge is 2.10. The summed E-state index contributed by atoms with van der Waals surface area (Å²) in [7, 11) is 1.55. The van der Waals surface area contributed by atoms with Crippen molar-refractivity contribution in [2.75, 3.05) is 12.4 Å². The monoisotopic (exact) mass is 375 g/mol. The van der Waals surface area contributed by atoms with Gasteiger partial charge < -0.3 is 20.3 Å². The van der Waals surface area contributed by atoms with E-state index in [1.807, 2.05) is 0 Å². The molecule has 23 heavy (non-hydrogen) atoms. The fourth-order valence-corrected chi connectivity index (χ4v) is 2.64. The highest BCUT2D eigenvalue weighted by atomic mass is 79.9. The van der Waals surface area contributed by atoms with Crippen LogP contribution in [0.4, 0.5) is 11.5 Å². The van der Waals surface area contributed by atoms with Crippen LogP contribution < -0.4 is 10.1 Å². The summed E-state index contributed by atoms with van der Waals surface area (Å²) in [6.45, 7) is -0.128. The molecular formula is C16H14BrN3O3. The molecule has 0 radical (unpaired) electrons. The van der Waals surface area contributed by atoms with E-state index in [1.165, 1.54) is 6.33 Å². The number of phenolic OH excluding ortho intramolecular Hbond substituents is 1. The summed E-state index contributed by atoms with van der Waals surface area (Å²) < 4.78 is 5.88. The minimum absolute atomic E-state index is 0.128. The van der Waals surface area contributed by atoms with Gasteiger partial charge in [0.05, 0.1) is 23.7 Å². The lowest BCUT2D eigenvalue weighted by atomic mass is 10.1. The predicted molar refractivity (Wildman–Crippen MR) is 91.1 cm³/mol. The minimum atomic E-state index is -0.128. The Morgan fingerprint density at radius 1 is 1.22 bits per heavy atom. The fourth-order valence-electron chi connectivity index (χ4n) is 2.26. The van der Waals surface area contributed by atoms with E-state index < -0.39 is 0 Å². The highest BCUT2D eigenvalue weighted by molar-refractivity contribution is 9.10. The number of phenols is 1. The van der Waals surface area contributed by atoms with Gasteiger partial charge in [0, 0.05) is 16.6 Å². The van der Waals surface area contributed by atoms with Crippen LogP contribution >= 0.6 is 15.9 Å². The van der Waals surface area contributed by atoms with E-state index in [0.717, 1.165) is 11.1 Å². The normalized spacial score (nSPS) is 10.7. The largest absolute Gasteiger partial charge is 0.507 e. The van der Waals surface area contributed by atoms with Gasteiger partial charge in [-0.2, -0.15) is 0 Å². The third kappa shape index (κ3) is 3.06. The zero-order chi connectivity index (χ0) is 16.4. The van der Waals surface area contributed by atoms with Crippen LogP contribution in [-0.4, -0.2) is 27.3 Å². The van der Waals surface area contributed by atoms with Crippen molar-refractivity contribution in [2.45, 2.75) is 6.61 Å². The van der Waals surface area contributed by atoms with Crippen LogP contribution in [0.15, 0.2) is 41.1 Å². The third-order valence-electron chi connectivity index (χ3n) is 3.42. The first kappa shape index (κ1) is 15.5. The number of aromatic nitrogens is 2. The van der Waals surface area contributed by atoms with Crippen molar-refractivity contribution in [2.24, 2.45) is 0 Å². The first-order chi connectivity index (χ1) is 11.1. The first-order valence-electron chi connectivity index (χ1n) is 6.80. The number of fused-ring (bicyclic) bond motifs is 1. The molecule has 0 aliphatic heterocycles. The summed E-state index contributed by atoms with van der Waals surface area (Å²) in [5, 5.41) is 22.9. The Morgan fingerprint density at radius 3 is 2.74 bits per heavy atom. The van der Waals surface area contributed by atoms with Crippen molar-refractivity contribution in [3.63, 3.8) is 0 Å². The zero-order valence-corrected chi connectivity index (χ0v) is 13.8. The molecule has 6 nitrogen and oxygen atoms in total. The molecule has 3 aromatic rings. The minimum Gasteiger partial charge on any atom is -0.507 e. The van der Waals surface area contributed by atoms with Crippen molar-refractivity contribution in [1.29, 1.82) is 0 Å². The Kier molecular flexibility index (Phi) is 4.31. The van der Waals surface area contributed by atoms with Gasteiger partial charge in [0.15, 0.2) is 0 Å². The van der Waals surface area contributed by atoms with Gasteiger partial charge in [-0.25, -0.2) is 9.97 Å². The van der Waals surface area contributed by atoms with Crippen LogP contribution in [0.25, 0.3) is 10.9 Å². The van der Waals surface area contributed by atoms with Crippen molar-refractivity contribution in [3.8, 4) is 11.5 Å². The van der Waals surface area contributed by atoms with Crippen LogP contribution in [0.2, 0.25) is 0 Å². The number of benzene rings is 2.